The van der Waals surface area contributed by atoms with Crippen LogP contribution in [0, 0.1) is 5.82 Å². The molecular formula is C16H23Cl2FN4OS. The molecule has 0 bridgehead atoms. The first kappa shape index (κ1) is 23.8. The fourth-order valence-corrected chi connectivity index (χ4v) is 2.92. The second-order valence-corrected chi connectivity index (χ2v) is 6.45. The lowest BCUT2D eigenvalue weighted by Gasteiger charge is -2.12. The van der Waals surface area contributed by atoms with Gasteiger partial charge in [0.15, 0.2) is 0 Å². The van der Waals surface area contributed by atoms with E-state index in [1.807, 2.05) is 19.0 Å². The Bertz CT molecular complexity index is 682. The van der Waals surface area contributed by atoms with Gasteiger partial charge in [-0.25, -0.2) is 9.37 Å². The van der Waals surface area contributed by atoms with Crippen LogP contribution in [0.25, 0.3) is 0 Å². The van der Waals surface area contributed by atoms with Gasteiger partial charge in [0.1, 0.15) is 11.5 Å². The number of hydrogen-bond acceptors (Lipinski definition) is 5. The molecule has 0 unspecified atom stereocenters. The fourth-order valence-electron chi connectivity index (χ4n) is 2.13. The average molecular weight is 409 g/mol. The molecule has 0 spiro atoms. The quantitative estimate of drug-likeness (QED) is 0.738. The Morgan fingerprint density at radius 3 is 2.72 bits per heavy atom. The van der Waals surface area contributed by atoms with Gasteiger partial charge >= 0.3 is 0 Å². The maximum Gasteiger partial charge on any atom is 0.271 e. The minimum Gasteiger partial charge on any atom is -0.347 e. The van der Waals surface area contributed by atoms with E-state index in [-0.39, 0.29) is 36.5 Å². The van der Waals surface area contributed by atoms with Crippen LogP contribution in [0.15, 0.2) is 23.6 Å². The summed E-state index contributed by atoms with van der Waals surface area (Å²) in [4.78, 5) is 18.2. The second kappa shape index (κ2) is 11.4. The lowest BCUT2D eigenvalue weighted by molar-refractivity contribution is 0.0946. The summed E-state index contributed by atoms with van der Waals surface area (Å²) in [6.07, 6.45) is 0.670. The Morgan fingerprint density at radius 1 is 1.36 bits per heavy atom. The highest BCUT2D eigenvalue weighted by molar-refractivity contribution is 7.09. The number of nitrogens with zero attached hydrogens (tertiary/aromatic N) is 2. The van der Waals surface area contributed by atoms with Gasteiger partial charge in [-0.3, -0.25) is 4.79 Å². The Labute approximate surface area is 163 Å². The third-order valence-corrected chi connectivity index (χ3v) is 4.10. The molecule has 1 heterocycles. The van der Waals surface area contributed by atoms with E-state index >= 15 is 0 Å². The molecule has 2 rings (SSSR count). The Kier molecular flexibility index (Phi) is 10.8. The molecule has 0 radical (unpaired) electrons. The summed E-state index contributed by atoms with van der Waals surface area (Å²) in [5.41, 5.74) is 7.34. The third kappa shape index (κ3) is 7.25. The van der Waals surface area contributed by atoms with Crippen molar-refractivity contribution in [3.05, 3.63) is 51.2 Å². The van der Waals surface area contributed by atoms with Crippen LogP contribution < -0.4 is 11.1 Å². The molecule has 1 aromatic carbocycles. The highest BCUT2D eigenvalue weighted by Crippen LogP contribution is 2.13. The van der Waals surface area contributed by atoms with Gasteiger partial charge in [-0.05, 0) is 38.3 Å². The second-order valence-electron chi connectivity index (χ2n) is 5.51. The van der Waals surface area contributed by atoms with Crippen molar-refractivity contribution < 1.29 is 9.18 Å². The van der Waals surface area contributed by atoms with Gasteiger partial charge in [0.05, 0.1) is 5.01 Å². The largest absolute Gasteiger partial charge is 0.347 e. The van der Waals surface area contributed by atoms with E-state index in [0.29, 0.717) is 37.3 Å². The molecule has 0 saturated heterocycles. The molecule has 5 nitrogen and oxygen atoms in total. The van der Waals surface area contributed by atoms with Crippen LogP contribution in [0.1, 0.15) is 26.6 Å². The summed E-state index contributed by atoms with van der Waals surface area (Å²) in [6.45, 7) is 1.37. The number of aromatic nitrogens is 1. The van der Waals surface area contributed by atoms with Gasteiger partial charge in [0, 0.05) is 30.5 Å². The van der Waals surface area contributed by atoms with E-state index in [1.165, 1.54) is 17.4 Å². The normalized spacial score (nSPS) is 10.1. The van der Waals surface area contributed by atoms with Gasteiger partial charge in [0.2, 0.25) is 0 Å². The Hall–Kier alpha value is -1.25. The SMILES string of the molecule is CN(C)Cc1cc(CNC(=O)c2csc(CCN)n2)ccc1F.Cl.Cl. The molecule has 0 atom stereocenters. The topological polar surface area (TPSA) is 71.2 Å². The lowest BCUT2D eigenvalue weighted by Crippen LogP contribution is -2.23. The summed E-state index contributed by atoms with van der Waals surface area (Å²) >= 11 is 1.43. The van der Waals surface area contributed by atoms with E-state index in [9.17, 15) is 9.18 Å². The van der Waals surface area contributed by atoms with Crippen LogP contribution in [0.2, 0.25) is 0 Å². The van der Waals surface area contributed by atoms with E-state index in [4.69, 9.17) is 5.73 Å². The summed E-state index contributed by atoms with van der Waals surface area (Å²) in [7, 11) is 3.77. The predicted octanol–water partition coefficient (Wildman–Crippen LogP) is 2.62. The summed E-state index contributed by atoms with van der Waals surface area (Å²) in [6, 6.07) is 4.88. The molecule has 0 saturated carbocycles. The first-order valence-corrected chi connectivity index (χ1v) is 8.22. The zero-order valence-electron chi connectivity index (χ0n) is 14.1. The molecule has 2 aromatic rings. The maximum absolute atomic E-state index is 13.7. The molecule has 0 aliphatic heterocycles. The number of amides is 1. The number of carbonyl (C=O) groups excluding carboxylic acids is 1. The molecule has 0 fully saturated rings. The van der Waals surface area contributed by atoms with Gasteiger partial charge in [-0.15, -0.1) is 36.2 Å². The number of carbonyl (C=O) groups is 1. The lowest BCUT2D eigenvalue weighted by atomic mass is 10.1. The van der Waals surface area contributed by atoms with E-state index in [0.717, 1.165) is 10.6 Å². The van der Waals surface area contributed by atoms with Crippen molar-refractivity contribution in [1.82, 2.24) is 15.2 Å². The van der Waals surface area contributed by atoms with E-state index < -0.39 is 0 Å². The number of benzene rings is 1. The molecule has 0 aliphatic carbocycles. The number of hydrogen-bond donors (Lipinski definition) is 2. The van der Waals surface area contributed by atoms with Gasteiger partial charge in [0.25, 0.3) is 5.91 Å². The molecule has 9 heteroatoms. The zero-order valence-corrected chi connectivity index (χ0v) is 16.6. The summed E-state index contributed by atoms with van der Waals surface area (Å²) < 4.78 is 13.7. The average Bonchev–Trinajstić information content (AvgIpc) is 2.96. The van der Waals surface area contributed by atoms with Crippen molar-refractivity contribution in [2.24, 2.45) is 5.73 Å². The smallest absolute Gasteiger partial charge is 0.271 e. The first-order chi connectivity index (χ1) is 11.0. The third-order valence-electron chi connectivity index (χ3n) is 3.19. The summed E-state index contributed by atoms with van der Waals surface area (Å²) in [5, 5.41) is 5.39. The molecule has 1 aromatic heterocycles. The standard InChI is InChI=1S/C16H21FN4OS.2ClH/c1-21(2)9-12-7-11(3-4-13(12)17)8-19-16(22)14-10-23-15(20-14)5-6-18;;/h3-4,7,10H,5-6,8-9,18H2,1-2H3,(H,19,22);2*1H. The number of halogens is 3. The van der Waals surface area contributed by atoms with Crippen molar-refractivity contribution in [2.45, 2.75) is 19.5 Å². The molecule has 1 amide bonds. The van der Waals surface area contributed by atoms with Crippen LogP contribution in [0.3, 0.4) is 0 Å². The molecular weight excluding hydrogens is 386 g/mol. The number of thiazole rings is 1. The van der Waals surface area contributed by atoms with Crippen molar-refractivity contribution in [3.63, 3.8) is 0 Å². The van der Waals surface area contributed by atoms with Crippen molar-refractivity contribution in [1.29, 1.82) is 0 Å². The van der Waals surface area contributed by atoms with Crippen LogP contribution in [-0.4, -0.2) is 36.4 Å². The van der Waals surface area contributed by atoms with Crippen LogP contribution in [0.4, 0.5) is 4.39 Å². The predicted molar refractivity (Wildman–Crippen MR) is 104 cm³/mol. The Balaban J connectivity index is 0.00000288. The van der Waals surface area contributed by atoms with Gasteiger partial charge in [-0.1, -0.05) is 6.07 Å². The first-order valence-electron chi connectivity index (χ1n) is 7.34. The van der Waals surface area contributed by atoms with E-state index in [2.05, 4.69) is 10.3 Å². The number of nitrogens with two attached hydrogens (primary N) is 1. The highest BCUT2D eigenvalue weighted by Gasteiger charge is 2.11. The van der Waals surface area contributed by atoms with Gasteiger partial charge in [-0.2, -0.15) is 0 Å². The fraction of sp³-hybridized carbons (Fsp3) is 0.375. The molecule has 140 valence electrons. The summed E-state index contributed by atoms with van der Waals surface area (Å²) in [5.74, 6) is -0.470. The minimum atomic E-state index is -0.236. The highest BCUT2D eigenvalue weighted by atomic mass is 35.5. The number of nitrogens with one attached hydrogen (secondary N) is 1. The number of rotatable bonds is 7. The minimum absolute atomic E-state index is 0. The van der Waals surface area contributed by atoms with E-state index in [1.54, 1.807) is 17.5 Å². The monoisotopic (exact) mass is 408 g/mol. The van der Waals surface area contributed by atoms with Crippen LogP contribution in [0.5, 0.6) is 0 Å². The van der Waals surface area contributed by atoms with Crippen molar-refractivity contribution in [2.75, 3.05) is 20.6 Å². The van der Waals surface area contributed by atoms with Crippen LogP contribution >= 0.6 is 36.2 Å². The van der Waals surface area contributed by atoms with Crippen LogP contribution in [-0.2, 0) is 19.5 Å². The molecule has 25 heavy (non-hydrogen) atoms. The Morgan fingerprint density at radius 2 is 2.08 bits per heavy atom. The molecule has 3 N–H and O–H groups in total. The molecule has 0 aliphatic rings. The zero-order chi connectivity index (χ0) is 16.8. The van der Waals surface area contributed by atoms with Crippen molar-refractivity contribution >= 4 is 42.1 Å². The maximum atomic E-state index is 13.7. The van der Waals surface area contributed by atoms with Crippen molar-refractivity contribution in [3.8, 4) is 0 Å². The van der Waals surface area contributed by atoms with Gasteiger partial charge < -0.3 is 16.0 Å².